The number of nitrogens with zero attached hydrogens (tertiary/aromatic N) is 8. The summed E-state index contributed by atoms with van der Waals surface area (Å²) in [6, 6.07) is 104. The van der Waals surface area contributed by atoms with Gasteiger partial charge in [0.15, 0.2) is 5.82 Å². The largest absolute Gasteiger partial charge is 0.309 e. The number of rotatable bonds is 10. The topological polar surface area (TPSA) is 131 Å². The molecule has 88 heavy (non-hydrogen) atoms. The van der Waals surface area contributed by atoms with Crippen LogP contribution in [0.5, 0.6) is 0 Å². The summed E-state index contributed by atoms with van der Waals surface area (Å²) in [5, 5.41) is 45.3. The lowest BCUT2D eigenvalue weighted by Crippen LogP contribution is -2.03. The van der Waals surface area contributed by atoms with Crippen molar-refractivity contribution in [1.82, 2.24) is 19.1 Å². The van der Waals surface area contributed by atoms with Gasteiger partial charge in [-0.3, -0.25) is 0 Å². The minimum atomic E-state index is 0.557. The van der Waals surface area contributed by atoms with Crippen molar-refractivity contribution < 1.29 is 0 Å². The lowest BCUT2D eigenvalue weighted by atomic mass is 9.96. The van der Waals surface area contributed by atoms with Gasteiger partial charge < -0.3 is 9.13 Å². The molecule has 0 saturated heterocycles. The highest BCUT2D eigenvalue weighted by Gasteiger charge is 2.24. The second-order valence-electron chi connectivity index (χ2n) is 21.7. The van der Waals surface area contributed by atoms with Gasteiger partial charge in [-0.15, -0.1) is 0 Å². The minimum absolute atomic E-state index is 0.557. The lowest BCUT2D eigenvalue weighted by molar-refractivity contribution is 1.15. The van der Waals surface area contributed by atoms with Crippen LogP contribution in [0, 0.1) is 45.3 Å². The molecular weight excluding hydrogens is 1070 g/mol. The molecule has 0 N–H and O–H groups in total. The van der Waals surface area contributed by atoms with E-state index < -0.39 is 0 Å². The molecule has 8 heteroatoms. The Labute approximate surface area is 507 Å². The highest BCUT2D eigenvalue weighted by molar-refractivity contribution is 6.14. The van der Waals surface area contributed by atoms with E-state index in [1.165, 1.54) is 0 Å². The summed E-state index contributed by atoms with van der Waals surface area (Å²) >= 11 is 0. The fourth-order valence-electron chi connectivity index (χ4n) is 12.6. The molecule has 0 aliphatic rings. The smallest absolute Gasteiger partial charge is 0.160 e. The fourth-order valence-corrected chi connectivity index (χ4v) is 12.6. The molecule has 0 amide bonds. The number of aromatic nitrogens is 4. The second kappa shape index (κ2) is 21.8. The average molecular weight is 1120 g/mol. The monoisotopic (exact) mass is 1120 g/mol. The molecule has 8 nitrogen and oxygen atoms in total. The predicted octanol–water partition coefficient (Wildman–Crippen LogP) is 19.5. The molecule has 0 aliphatic heterocycles. The van der Waals surface area contributed by atoms with Gasteiger partial charge >= 0.3 is 0 Å². The highest BCUT2D eigenvalue weighted by atomic mass is 15.0. The van der Waals surface area contributed by atoms with Crippen LogP contribution in [0.4, 0.5) is 0 Å². The number of para-hydroxylation sites is 1. The van der Waals surface area contributed by atoms with Crippen molar-refractivity contribution in [3.8, 4) is 125 Å². The van der Waals surface area contributed by atoms with Crippen LogP contribution >= 0.6 is 0 Å². The average Bonchev–Trinajstić information content (AvgIpc) is 1.61. The Hall–Kier alpha value is -12.7. The van der Waals surface area contributed by atoms with E-state index in [2.05, 4.69) is 179 Å². The molecular formula is C80H46N8. The van der Waals surface area contributed by atoms with Gasteiger partial charge in [-0.25, -0.2) is 9.97 Å². The van der Waals surface area contributed by atoms with E-state index in [4.69, 9.17) is 9.97 Å². The van der Waals surface area contributed by atoms with Crippen molar-refractivity contribution in [3.05, 3.63) is 301 Å². The molecule has 0 unspecified atom stereocenters. The van der Waals surface area contributed by atoms with Gasteiger partial charge in [0.2, 0.25) is 0 Å². The first kappa shape index (κ1) is 52.1. The Morgan fingerprint density at radius 3 is 0.909 bits per heavy atom. The summed E-state index contributed by atoms with van der Waals surface area (Å²) < 4.78 is 4.67. The third kappa shape index (κ3) is 8.91. The third-order valence-electron chi connectivity index (χ3n) is 16.8. The fraction of sp³-hybridized carbons (Fsp3) is 0. The molecule has 3 heterocycles. The molecule has 15 aromatic rings. The first-order valence-electron chi connectivity index (χ1n) is 28.9. The van der Waals surface area contributed by atoms with Gasteiger partial charge in [-0.05, 0) is 148 Å². The van der Waals surface area contributed by atoms with Crippen LogP contribution in [0.25, 0.3) is 145 Å². The van der Waals surface area contributed by atoms with E-state index in [0.717, 1.165) is 139 Å². The number of hydrogen-bond acceptors (Lipinski definition) is 6. The normalized spacial score (nSPS) is 11.1. The van der Waals surface area contributed by atoms with Crippen LogP contribution in [0.2, 0.25) is 0 Å². The van der Waals surface area contributed by atoms with Crippen molar-refractivity contribution in [2.24, 2.45) is 0 Å². The Bertz CT molecular complexity index is 5220. The maximum absolute atomic E-state index is 10.4. The lowest BCUT2D eigenvalue weighted by Gasteiger charge is -2.20. The quantitative estimate of drug-likeness (QED) is 0.134. The molecule has 0 radical (unpaired) electrons. The van der Waals surface area contributed by atoms with Crippen LogP contribution in [-0.2, 0) is 0 Å². The Balaban J connectivity index is 1.03. The molecule has 0 fully saturated rings. The van der Waals surface area contributed by atoms with Gasteiger partial charge in [0.25, 0.3) is 0 Å². The molecule has 406 valence electrons. The molecule has 0 spiro atoms. The van der Waals surface area contributed by atoms with Gasteiger partial charge in [0, 0.05) is 49.4 Å². The van der Waals surface area contributed by atoms with Crippen LogP contribution in [-0.4, -0.2) is 19.1 Å². The maximum atomic E-state index is 10.4. The van der Waals surface area contributed by atoms with Gasteiger partial charge in [-0.1, -0.05) is 176 Å². The molecule has 15 rings (SSSR count). The van der Waals surface area contributed by atoms with Gasteiger partial charge in [-0.2, -0.15) is 21.0 Å². The summed E-state index contributed by atoms with van der Waals surface area (Å²) in [5.41, 5.74) is 21.0. The van der Waals surface area contributed by atoms with Crippen LogP contribution in [0.1, 0.15) is 22.3 Å². The van der Waals surface area contributed by atoms with Crippen LogP contribution in [0.15, 0.2) is 279 Å². The van der Waals surface area contributed by atoms with Crippen LogP contribution in [0.3, 0.4) is 0 Å². The second-order valence-corrected chi connectivity index (χ2v) is 21.7. The van der Waals surface area contributed by atoms with E-state index in [-0.39, 0.29) is 0 Å². The van der Waals surface area contributed by atoms with E-state index in [1.807, 2.05) is 133 Å². The van der Waals surface area contributed by atoms with Crippen molar-refractivity contribution in [1.29, 1.82) is 21.0 Å². The molecule has 0 aliphatic carbocycles. The van der Waals surface area contributed by atoms with Crippen molar-refractivity contribution in [3.63, 3.8) is 0 Å². The zero-order chi connectivity index (χ0) is 59.2. The third-order valence-corrected chi connectivity index (χ3v) is 16.8. The summed E-state index contributed by atoms with van der Waals surface area (Å²) in [6.45, 7) is 0. The number of nitriles is 4. The summed E-state index contributed by atoms with van der Waals surface area (Å²) in [7, 11) is 0. The van der Waals surface area contributed by atoms with Crippen molar-refractivity contribution in [2.75, 3.05) is 0 Å². The molecule has 0 saturated carbocycles. The zero-order valence-corrected chi connectivity index (χ0v) is 47.1. The van der Waals surface area contributed by atoms with E-state index in [1.54, 1.807) is 0 Å². The Kier molecular flexibility index (Phi) is 12.9. The standard InChI is InChI=1S/C80H46N8/c81-47-58-21-7-11-25-62(58)53-31-36-76-68(41-53)69-42-54(63-26-12-8-22-59(63)48-82)32-37-77(69)87(76)74-30-16-15-29-66(74)67-45-57(80-85-72(51-17-3-1-4-18-51)46-73(86-80)52-19-5-2-6-20-52)35-40-75(67)88-78-38-33-55(64-27-13-9-23-60(64)49-83)43-70(78)71-44-56(34-39-79(71)88)65-28-14-10-24-61(65)50-84/h1-46H. The minimum Gasteiger partial charge on any atom is -0.309 e. The Morgan fingerprint density at radius 1 is 0.239 bits per heavy atom. The summed E-state index contributed by atoms with van der Waals surface area (Å²) in [6.07, 6.45) is 0. The first-order valence-corrected chi connectivity index (χ1v) is 28.9. The molecule has 12 aromatic carbocycles. The van der Waals surface area contributed by atoms with Gasteiger partial charge in [0.1, 0.15) is 0 Å². The van der Waals surface area contributed by atoms with Gasteiger partial charge in [0.05, 0.1) is 91.4 Å². The Morgan fingerprint density at radius 2 is 0.545 bits per heavy atom. The molecule has 3 aromatic heterocycles. The van der Waals surface area contributed by atoms with Crippen molar-refractivity contribution in [2.45, 2.75) is 0 Å². The number of fused-ring (bicyclic) bond motifs is 6. The molecule has 0 atom stereocenters. The molecule has 0 bridgehead atoms. The zero-order valence-electron chi connectivity index (χ0n) is 47.1. The highest BCUT2D eigenvalue weighted by Crippen LogP contribution is 2.45. The van der Waals surface area contributed by atoms with E-state index >= 15 is 0 Å². The maximum Gasteiger partial charge on any atom is 0.160 e. The number of hydrogen-bond donors (Lipinski definition) is 0. The van der Waals surface area contributed by atoms with E-state index in [9.17, 15) is 21.0 Å². The summed E-state index contributed by atoms with van der Waals surface area (Å²) in [5.74, 6) is 0.557. The summed E-state index contributed by atoms with van der Waals surface area (Å²) in [4.78, 5) is 10.7. The van der Waals surface area contributed by atoms with E-state index in [0.29, 0.717) is 28.1 Å². The number of benzene rings is 12. The van der Waals surface area contributed by atoms with Crippen molar-refractivity contribution >= 4 is 43.6 Å². The SMILES string of the molecule is N#Cc1ccccc1-c1ccc2c(c1)c1cc(-c3ccccc3C#N)ccc1n2-c1ccccc1-c1cc(-c2nc(-c3ccccc3)cc(-c3ccccc3)n2)ccc1-n1c2ccc(-c3ccccc3C#N)cc2c2cc(-c3ccccc3C#N)ccc21. The first-order chi connectivity index (χ1) is 43.5. The van der Waals surface area contributed by atoms with Crippen LogP contribution < -0.4 is 0 Å². The predicted molar refractivity (Wildman–Crippen MR) is 353 cm³/mol.